The van der Waals surface area contributed by atoms with Crippen LogP contribution in [0.4, 0.5) is 0 Å². The van der Waals surface area contributed by atoms with E-state index >= 15 is 0 Å². The van der Waals surface area contributed by atoms with E-state index in [-0.39, 0.29) is 22.4 Å². The second kappa shape index (κ2) is 9.00. The lowest BCUT2D eigenvalue weighted by atomic mass is 9.63. The van der Waals surface area contributed by atoms with Crippen molar-refractivity contribution in [2.24, 2.45) is 10.8 Å². The first-order chi connectivity index (χ1) is 16.4. The molecular formula is C30H39NO4. The molecule has 188 valence electrons. The molecule has 0 unspecified atom stereocenters. The molecule has 0 aromatic heterocycles. The third kappa shape index (κ3) is 4.46. The fourth-order valence-electron chi connectivity index (χ4n) is 6.12. The zero-order valence-electron chi connectivity index (χ0n) is 22.3. The number of nitrogens with zero attached hydrogens (tertiary/aromatic N) is 1. The maximum Gasteiger partial charge on any atom is 0.164 e. The molecule has 0 atom stereocenters. The maximum atomic E-state index is 13.7. The van der Waals surface area contributed by atoms with Crippen molar-refractivity contribution in [2.45, 2.75) is 72.6 Å². The molecule has 0 bridgehead atoms. The van der Waals surface area contributed by atoms with Crippen LogP contribution in [0.25, 0.3) is 0 Å². The molecule has 5 heteroatoms. The number of Topliss-reactive ketones (excluding diaryl/α,β-unsaturated/α-hetero) is 2. The first-order valence-corrected chi connectivity index (χ1v) is 12.6. The number of hydrogen-bond donors (Lipinski definition) is 0. The van der Waals surface area contributed by atoms with E-state index in [0.717, 1.165) is 46.5 Å². The summed E-state index contributed by atoms with van der Waals surface area (Å²) in [6.07, 6.45) is 5.01. The molecule has 1 aromatic rings. The number of allylic oxidation sites excluding steroid dienone is 5. The van der Waals surface area contributed by atoms with E-state index in [9.17, 15) is 9.59 Å². The SMILES string of the molecule is C=CCc1cc(C2C3=C(CC(C)(C)CC3=O)N(C)C3=C2C(=O)CC(C)(C)C3)cc(OC)c1OCC. The molecule has 1 aromatic carbocycles. The van der Waals surface area contributed by atoms with Crippen LogP contribution >= 0.6 is 0 Å². The molecule has 0 saturated heterocycles. The zero-order chi connectivity index (χ0) is 25.7. The van der Waals surface area contributed by atoms with Crippen molar-refractivity contribution in [1.29, 1.82) is 0 Å². The lowest BCUT2D eigenvalue weighted by Crippen LogP contribution is -2.43. The summed E-state index contributed by atoms with van der Waals surface area (Å²) < 4.78 is 11.7. The monoisotopic (exact) mass is 477 g/mol. The number of hydrogen-bond acceptors (Lipinski definition) is 5. The first kappa shape index (κ1) is 25.3. The minimum absolute atomic E-state index is 0.120. The van der Waals surface area contributed by atoms with Gasteiger partial charge in [-0.15, -0.1) is 6.58 Å². The molecular weight excluding hydrogens is 438 g/mol. The molecule has 0 radical (unpaired) electrons. The average molecular weight is 478 g/mol. The molecule has 0 N–H and O–H groups in total. The van der Waals surface area contributed by atoms with Gasteiger partial charge >= 0.3 is 0 Å². The Morgan fingerprint density at radius 1 is 1.00 bits per heavy atom. The summed E-state index contributed by atoms with van der Waals surface area (Å²) in [4.78, 5) is 29.6. The summed E-state index contributed by atoms with van der Waals surface area (Å²) in [5, 5.41) is 0. The van der Waals surface area contributed by atoms with Gasteiger partial charge in [-0.1, -0.05) is 39.8 Å². The Labute approximate surface area is 209 Å². The summed E-state index contributed by atoms with van der Waals surface area (Å²) in [5.41, 5.74) is 5.28. The molecule has 2 aliphatic carbocycles. The van der Waals surface area contributed by atoms with Crippen molar-refractivity contribution in [1.82, 2.24) is 4.90 Å². The van der Waals surface area contributed by atoms with Crippen molar-refractivity contribution in [3.8, 4) is 11.5 Å². The number of benzene rings is 1. The highest BCUT2D eigenvalue weighted by atomic mass is 16.5. The van der Waals surface area contributed by atoms with Gasteiger partial charge in [0.25, 0.3) is 0 Å². The van der Waals surface area contributed by atoms with Crippen LogP contribution < -0.4 is 9.47 Å². The number of carbonyl (C=O) groups excluding carboxylic acids is 2. The Kier molecular flexibility index (Phi) is 6.50. The lowest BCUT2D eigenvalue weighted by Gasteiger charge is -2.48. The normalized spacial score (nSPS) is 21.6. The predicted molar refractivity (Wildman–Crippen MR) is 139 cm³/mol. The predicted octanol–water partition coefficient (Wildman–Crippen LogP) is 6.14. The Bertz CT molecular complexity index is 1100. The highest BCUT2D eigenvalue weighted by Gasteiger charge is 2.48. The third-order valence-electron chi connectivity index (χ3n) is 7.54. The van der Waals surface area contributed by atoms with E-state index in [1.165, 1.54) is 0 Å². The quantitative estimate of drug-likeness (QED) is 0.461. The van der Waals surface area contributed by atoms with Gasteiger partial charge in [-0.05, 0) is 48.6 Å². The van der Waals surface area contributed by atoms with Crippen LogP contribution in [0.2, 0.25) is 0 Å². The molecule has 1 aliphatic heterocycles. The summed E-state index contributed by atoms with van der Waals surface area (Å²) >= 11 is 0. The molecule has 5 nitrogen and oxygen atoms in total. The van der Waals surface area contributed by atoms with Gasteiger partial charge in [0.05, 0.1) is 13.7 Å². The van der Waals surface area contributed by atoms with E-state index in [0.29, 0.717) is 37.4 Å². The van der Waals surface area contributed by atoms with Crippen molar-refractivity contribution < 1.29 is 19.1 Å². The molecule has 0 amide bonds. The zero-order valence-corrected chi connectivity index (χ0v) is 22.3. The van der Waals surface area contributed by atoms with E-state index in [4.69, 9.17) is 9.47 Å². The third-order valence-corrected chi connectivity index (χ3v) is 7.54. The molecule has 4 rings (SSSR count). The summed E-state index contributed by atoms with van der Waals surface area (Å²) in [5.74, 6) is 1.20. The molecule has 35 heavy (non-hydrogen) atoms. The van der Waals surface area contributed by atoms with Gasteiger partial charge in [0, 0.05) is 53.9 Å². The van der Waals surface area contributed by atoms with Gasteiger partial charge in [-0.2, -0.15) is 0 Å². The number of ketones is 2. The molecule has 0 spiro atoms. The Morgan fingerprint density at radius 3 is 2.00 bits per heavy atom. The first-order valence-electron chi connectivity index (χ1n) is 12.6. The summed E-state index contributed by atoms with van der Waals surface area (Å²) in [7, 11) is 3.66. The van der Waals surface area contributed by atoms with Gasteiger partial charge in [-0.25, -0.2) is 0 Å². The smallest absolute Gasteiger partial charge is 0.164 e. The van der Waals surface area contributed by atoms with Crippen molar-refractivity contribution in [3.63, 3.8) is 0 Å². The highest BCUT2D eigenvalue weighted by molar-refractivity contribution is 6.06. The van der Waals surface area contributed by atoms with E-state index < -0.39 is 5.92 Å². The van der Waals surface area contributed by atoms with Crippen molar-refractivity contribution in [3.05, 3.63) is 58.5 Å². The summed E-state index contributed by atoms with van der Waals surface area (Å²) in [6, 6.07) is 4.04. The van der Waals surface area contributed by atoms with Crippen LogP contribution in [0.1, 0.15) is 77.3 Å². The van der Waals surface area contributed by atoms with Crippen LogP contribution in [0.3, 0.4) is 0 Å². The number of carbonyl (C=O) groups is 2. The lowest BCUT2D eigenvalue weighted by molar-refractivity contribution is -0.119. The van der Waals surface area contributed by atoms with Gasteiger partial charge in [-0.3, -0.25) is 9.59 Å². The van der Waals surface area contributed by atoms with Gasteiger partial charge < -0.3 is 14.4 Å². The Hall–Kier alpha value is -2.82. The van der Waals surface area contributed by atoms with E-state index in [2.05, 4.69) is 45.2 Å². The Morgan fingerprint density at radius 2 is 1.54 bits per heavy atom. The Balaban J connectivity index is 2.01. The largest absolute Gasteiger partial charge is 0.493 e. The fourth-order valence-corrected chi connectivity index (χ4v) is 6.12. The fraction of sp³-hybridized carbons (Fsp3) is 0.533. The van der Waals surface area contributed by atoms with Crippen molar-refractivity contribution >= 4 is 11.6 Å². The van der Waals surface area contributed by atoms with Crippen molar-refractivity contribution in [2.75, 3.05) is 20.8 Å². The molecule has 3 aliphatic rings. The van der Waals surface area contributed by atoms with Crippen LogP contribution in [0.5, 0.6) is 11.5 Å². The van der Waals surface area contributed by atoms with E-state index in [1.54, 1.807) is 7.11 Å². The maximum absolute atomic E-state index is 13.7. The molecule has 1 heterocycles. The van der Waals surface area contributed by atoms with Crippen LogP contribution in [-0.4, -0.2) is 37.2 Å². The van der Waals surface area contributed by atoms with Gasteiger partial charge in [0.1, 0.15) is 0 Å². The molecule has 0 fully saturated rings. The summed E-state index contributed by atoms with van der Waals surface area (Å²) in [6.45, 7) is 15.0. The molecule has 0 saturated carbocycles. The van der Waals surface area contributed by atoms with Gasteiger partial charge in [0.15, 0.2) is 23.1 Å². The number of rotatable bonds is 6. The van der Waals surface area contributed by atoms with Crippen LogP contribution in [0.15, 0.2) is 47.3 Å². The second-order valence-electron chi connectivity index (χ2n) is 11.7. The minimum atomic E-state index is -0.392. The van der Waals surface area contributed by atoms with Crippen LogP contribution in [0, 0.1) is 10.8 Å². The standard InChI is InChI=1S/C30H39NO4/c1-9-11-18-12-19(13-24(34-8)28(18)35-10-2)25-26-20(14-29(3,4)16-22(26)32)31(7)21-15-30(5,6)17-23(33)27(21)25/h9,12-13,25H,1,10-11,14-17H2,2-8H3. The topological polar surface area (TPSA) is 55.8 Å². The van der Waals surface area contributed by atoms with Crippen LogP contribution in [-0.2, 0) is 16.0 Å². The number of ether oxygens (including phenoxy) is 2. The highest BCUT2D eigenvalue weighted by Crippen LogP contribution is 2.54. The minimum Gasteiger partial charge on any atom is -0.493 e. The van der Waals surface area contributed by atoms with Gasteiger partial charge in [0.2, 0.25) is 0 Å². The number of methoxy groups -OCH3 is 1. The average Bonchev–Trinajstić information content (AvgIpc) is 2.75. The van der Waals surface area contributed by atoms with E-state index in [1.807, 2.05) is 26.1 Å². The second-order valence-corrected chi connectivity index (χ2v) is 11.7.